The number of ether oxygens (including phenoxy) is 1. The van der Waals surface area contributed by atoms with Gasteiger partial charge in [-0.25, -0.2) is 0 Å². The lowest BCUT2D eigenvalue weighted by Gasteiger charge is -2.08. The van der Waals surface area contributed by atoms with E-state index in [0.29, 0.717) is 16.9 Å². The van der Waals surface area contributed by atoms with Gasteiger partial charge >= 0.3 is 0 Å². The summed E-state index contributed by atoms with van der Waals surface area (Å²) in [5.74, 6) is -0.0226. The Morgan fingerprint density at radius 1 is 1.30 bits per heavy atom. The van der Waals surface area contributed by atoms with Crippen molar-refractivity contribution in [3.05, 3.63) is 59.2 Å². The largest absolute Gasteiger partial charge is 0.485 e. The number of fused-ring (bicyclic) bond motifs is 1. The van der Waals surface area contributed by atoms with Crippen LogP contribution in [-0.4, -0.2) is 18.3 Å². The molecule has 5 heteroatoms. The Bertz CT molecular complexity index is 836. The van der Waals surface area contributed by atoms with Crippen molar-refractivity contribution in [3.8, 4) is 11.8 Å². The van der Waals surface area contributed by atoms with E-state index in [4.69, 9.17) is 10.00 Å². The maximum atomic E-state index is 12.3. The Kier molecular flexibility index (Phi) is 3.82. The maximum Gasteiger partial charge on any atom is 0.231 e. The second-order valence-corrected chi connectivity index (χ2v) is 5.36. The molecule has 5 nitrogen and oxygen atoms in total. The van der Waals surface area contributed by atoms with Crippen molar-refractivity contribution in [3.63, 3.8) is 0 Å². The highest BCUT2D eigenvalue weighted by atomic mass is 16.5. The van der Waals surface area contributed by atoms with Crippen LogP contribution in [0.4, 0.5) is 5.69 Å². The van der Waals surface area contributed by atoms with Gasteiger partial charge in [-0.1, -0.05) is 6.07 Å². The van der Waals surface area contributed by atoms with Gasteiger partial charge in [-0.15, -0.1) is 0 Å². The summed E-state index contributed by atoms with van der Waals surface area (Å²) in [6.07, 6.45) is 0. The molecule has 0 saturated heterocycles. The Morgan fingerprint density at radius 2 is 2.13 bits per heavy atom. The first-order valence-electron chi connectivity index (χ1n) is 7.19. The first kappa shape index (κ1) is 14.8. The Hall–Kier alpha value is -3.13. The Balaban J connectivity index is 1.72. The lowest BCUT2D eigenvalue weighted by molar-refractivity contribution is -0.116. The molecule has 114 valence electrons. The highest BCUT2D eigenvalue weighted by molar-refractivity contribution is 6.04. The number of nitrogens with one attached hydrogen (secondary N) is 1. The van der Waals surface area contributed by atoms with Crippen molar-refractivity contribution in [1.82, 2.24) is 0 Å². The zero-order chi connectivity index (χ0) is 16.4. The van der Waals surface area contributed by atoms with E-state index in [-0.39, 0.29) is 24.2 Å². The molecule has 0 spiro atoms. The molecule has 0 saturated carbocycles. The smallest absolute Gasteiger partial charge is 0.231 e. The van der Waals surface area contributed by atoms with E-state index in [2.05, 4.69) is 5.32 Å². The number of benzene rings is 2. The van der Waals surface area contributed by atoms with Crippen LogP contribution in [0.15, 0.2) is 42.5 Å². The number of hydrogen-bond donors (Lipinski definition) is 1. The summed E-state index contributed by atoms with van der Waals surface area (Å²) >= 11 is 0. The van der Waals surface area contributed by atoms with Crippen molar-refractivity contribution in [2.24, 2.45) is 0 Å². The van der Waals surface area contributed by atoms with E-state index in [1.807, 2.05) is 6.07 Å². The van der Waals surface area contributed by atoms with E-state index < -0.39 is 0 Å². The van der Waals surface area contributed by atoms with E-state index >= 15 is 0 Å². The van der Waals surface area contributed by atoms with Crippen molar-refractivity contribution < 1.29 is 14.3 Å². The van der Waals surface area contributed by atoms with Gasteiger partial charge in [0.15, 0.2) is 12.4 Å². The predicted molar refractivity (Wildman–Crippen MR) is 84.5 cm³/mol. The van der Waals surface area contributed by atoms with Gasteiger partial charge in [-0.05, 0) is 48.9 Å². The number of Topliss-reactive ketones (excluding diaryl/α,β-unsaturated/α-hetero) is 1. The number of hydrogen-bond acceptors (Lipinski definition) is 4. The van der Waals surface area contributed by atoms with E-state index in [1.165, 1.54) is 0 Å². The first-order chi connectivity index (χ1) is 11.1. The Morgan fingerprint density at radius 3 is 2.91 bits per heavy atom. The quantitative estimate of drug-likeness (QED) is 0.881. The van der Waals surface area contributed by atoms with Crippen LogP contribution in [-0.2, 0) is 4.79 Å². The minimum absolute atomic E-state index is 0.0610. The summed E-state index contributed by atoms with van der Waals surface area (Å²) in [5, 5.41) is 11.6. The molecular weight excluding hydrogens is 292 g/mol. The van der Waals surface area contributed by atoms with E-state index in [9.17, 15) is 9.59 Å². The second kappa shape index (κ2) is 5.93. The lowest BCUT2D eigenvalue weighted by atomic mass is 9.99. The predicted octanol–water partition coefficient (Wildman–Crippen LogP) is 2.88. The molecule has 3 rings (SSSR count). The zero-order valence-electron chi connectivity index (χ0n) is 12.5. The summed E-state index contributed by atoms with van der Waals surface area (Å²) in [6.45, 7) is 1.68. The number of amides is 1. The molecule has 2 aromatic rings. The molecule has 1 amide bonds. The average molecular weight is 306 g/mol. The van der Waals surface area contributed by atoms with Crippen LogP contribution in [0.25, 0.3) is 0 Å². The van der Waals surface area contributed by atoms with Gasteiger partial charge in [-0.2, -0.15) is 5.26 Å². The van der Waals surface area contributed by atoms with E-state index in [0.717, 1.165) is 11.3 Å². The summed E-state index contributed by atoms with van der Waals surface area (Å²) in [4.78, 5) is 23.9. The molecule has 0 unspecified atom stereocenters. The van der Waals surface area contributed by atoms with Gasteiger partial charge in [0, 0.05) is 11.3 Å². The number of anilines is 1. The van der Waals surface area contributed by atoms with Crippen LogP contribution in [0.2, 0.25) is 0 Å². The zero-order valence-corrected chi connectivity index (χ0v) is 12.5. The third-order valence-corrected chi connectivity index (χ3v) is 3.82. The molecule has 1 aliphatic rings. The fourth-order valence-corrected chi connectivity index (χ4v) is 2.48. The van der Waals surface area contributed by atoms with Crippen molar-refractivity contribution >= 4 is 17.4 Å². The highest BCUT2D eigenvalue weighted by Gasteiger charge is 2.27. The molecule has 1 atom stereocenters. The van der Waals surface area contributed by atoms with Crippen molar-refractivity contribution in [1.29, 1.82) is 5.26 Å². The minimum Gasteiger partial charge on any atom is -0.485 e. The molecular formula is C18H14N2O3. The maximum absolute atomic E-state index is 12.3. The molecule has 0 aromatic heterocycles. The minimum atomic E-state index is -0.258. The molecule has 0 bridgehead atoms. The number of nitriles is 1. The number of nitrogens with zero attached hydrogens (tertiary/aromatic N) is 1. The highest BCUT2D eigenvalue weighted by Crippen LogP contribution is 2.32. The van der Waals surface area contributed by atoms with Gasteiger partial charge in [0.05, 0.1) is 17.6 Å². The summed E-state index contributed by atoms with van der Waals surface area (Å²) in [6, 6.07) is 13.8. The average Bonchev–Trinajstić information content (AvgIpc) is 2.87. The van der Waals surface area contributed by atoms with Gasteiger partial charge in [-0.3, -0.25) is 9.59 Å². The summed E-state index contributed by atoms with van der Waals surface area (Å²) in [5.41, 5.74) is 2.56. The van der Waals surface area contributed by atoms with Gasteiger partial charge < -0.3 is 10.1 Å². The molecule has 0 fully saturated rings. The van der Waals surface area contributed by atoms with Crippen LogP contribution < -0.4 is 10.1 Å². The Labute approximate surface area is 133 Å². The van der Waals surface area contributed by atoms with Crippen molar-refractivity contribution in [2.75, 3.05) is 11.9 Å². The normalized spacial score (nSPS) is 15.5. The van der Waals surface area contributed by atoms with Crippen LogP contribution in [0.5, 0.6) is 5.75 Å². The number of rotatable bonds is 4. The summed E-state index contributed by atoms with van der Waals surface area (Å²) in [7, 11) is 0. The van der Waals surface area contributed by atoms with Crippen LogP contribution in [0.1, 0.15) is 34.3 Å². The van der Waals surface area contributed by atoms with Crippen LogP contribution in [0, 0.1) is 11.3 Å². The molecule has 1 aliphatic heterocycles. The molecule has 1 N–H and O–H groups in total. The van der Waals surface area contributed by atoms with Crippen LogP contribution >= 0.6 is 0 Å². The van der Waals surface area contributed by atoms with Gasteiger partial charge in [0.1, 0.15) is 5.75 Å². The van der Waals surface area contributed by atoms with Gasteiger partial charge in [0.2, 0.25) is 5.91 Å². The number of carbonyl (C=O) groups is 2. The fraction of sp³-hybridized carbons (Fsp3) is 0.167. The first-order valence-corrected chi connectivity index (χ1v) is 7.19. The lowest BCUT2D eigenvalue weighted by Crippen LogP contribution is -2.12. The number of carbonyl (C=O) groups excluding carboxylic acids is 2. The summed E-state index contributed by atoms with van der Waals surface area (Å²) < 4.78 is 5.45. The van der Waals surface area contributed by atoms with E-state index in [1.54, 1.807) is 49.4 Å². The number of ketones is 1. The SMILES string of the molecule is C[C@@H]1C(=O)Nc2ccc(C(=O)COc3cccc(C#N)c3)cc21. The van der Waals surface area contributed by atoms with Gasteiger partial charge in [0.25, 0.3) is 0 Å². The fourth-order valence-electron chi connectivity index (χ4n) is 2.48. The monoisotopic (exact) mass is 306 g/mol. The molecule has 2 aromatic carbocycles. The molecule has 1 heterocycles. The standard InChI is InChI=1S/C18H14N2O3/c1-11-15-8-13(5-6-16(15)20-18(11)22)17(21)10-23-14-4-2-3-12(7-14)9-19/h2-8,11H,10H2,1H3,(H,20,22)/t11-/m0/s1. The third-order valence-electron chi connectivity index (χ3n) is 3.82. The topological polar surface area (TPSA) is 79.2 Å². The van der Waals surface area contributed by atoms with Crippen LogP contribution in [0.3, 0.4) is 0 Å². The molecule has 0 aliphatic carbocycles. The van der Waals surface area contributed by atoms with Crippen molar-refractivity contribution in [2.45, 2.75) is 12.8 Å². The molecule has 0 radical (unpaired) electrons. The third kappa shape index (κ3) is 2.92. The molecule has 23 heavy (non-hydrogen) atoms. The second-order valence-electron chi connectivity index (χ2n) is 5.36.